The summed E-state index contributed by atoms with van der Waals surface area (Å²) >= 11 is 1.36. The molecule has 0 saturated carbocycles. The smallest absolute Gasteiger partial charge is 0.243 e. The number of carbonyl (C=O) groups excluding carboxylic acids is 1. The molecule has 0 bridgehead atoms. The normalized spacial score (nSPS) is 18.9. The zero-order chi connectivity index (χ0) is 10.8. The van der Waals surface area contributed by atoms with Crippen LogP contribution in [0.4, 0.5) is 5.69 Å². The first kappa shape index (κ1) is 10.0. The van der Waals surface area contributed by atoms with Crippen LogP contribution >= 0.6 is 11.8 Å². The van der Waals surface area contributed by atoms with E-state index < -0.39 is 0 Å². The van der Waals surface area contributed by atoms with Gasteiger partial charge in [-0.25, -0.2) is 0 Å². The predicted molar refractivity (Wildman–Crippen MR) is 62.7 cm³/mol. The number of hydrogen-bond donors (Lipinski definition) is 1. The Balaban J connectivity index is 2.37. The van der Waals surface area contributed by atoms with Gasteiger partial charge in [-0.1, -0.05) is 29.5 Å². The van der Waals surface area contributed by atoms with Gasteiger partial charge in [0.15, 0.2) is 5.17 Å². The number of rotatable bonds is 1. The highest BCUT2D eigenvalue weighted by atomic mass is 32.2. The highest BCUT2D eigenvalue weighted by molar-refractivity contribution is 8.15. The van der Waals surface area contributed by atoms with Crippen molar-refractivity contribution in [3.63, 3.8) is 0 Å². The Morgan fingerprint density at radius 1 is 1.40 bits per heavy atom. The number of benzene rings is 1. The standard InChI is InChI=1S/C10H11N3OS/c1-7-2-4-8(5-3-7)13-9(14)6-15-10(13)12-11/h2-5H,6,11H2,1H3/b12-10-. The van der Waals surface area contributed by atoms with Crippen molar-refractivity contribution in [1.29, 1.82) is 0 Å². The molecule has 1 aromatic carbocycles. The molecule has 1 aliphatic rings. The number of amides is 1. The van der Waals surface area contributed by atoms with Gasteiger partial charge in [-0.15, -0.1) is 0 Å². The molecule has 1 heterocycles. The third-order valence-corrected chi connectivity index (χ3v) is 3.11. The summed E-state index contributed by atoms with van der Waals surface area (Å²) in [6, 6.07) is 7.70. The Hall–Kier alpha value is -1.49. The van der Waals surface area contributed by atoms with E-state index in [0.29, 0.717) is 10.9 Å². The number of nitrogens with two attached hydrogens (primary N) is 1. The molecule has 0 spiro atoms. The van der Waals surface area contributed by atoms with Crippen LogP contribution in [-0.4, -0.2) is 16.8 Å². The highest BCUT2D eigenvalue weighted by Crippen LogP contribution is 2.26. The van der Waals surface area contributed by atoms with Crippen LogP contribution < -0.4 is 10.7 Å². The second kappa shape index (κ2) is 3.94. The Morgan fingerprint density at radius 3 is 2.67 bits per heavy atom. The molecule has 1 aliphatic heterocycles. The molecule has 1 amide bonds. The summed E-state index contributed by atoms with van der Waals surface area (Å²) in [6.07, 6.45) is 0. The van der Waals surface area contributed by atoms with Crippen LogP contribution in [0, 0.1) is 6.92 Å². The molecular weight excluding hydrogens is 210 g/mol. The molecule has 0 aromatic heterocycles. The molecule has 15 heavy (non-hydrogen) atoms. The van der Waals surface area contributed by atoms with Crippen LogP contribution in [0.5, 0.6) is 0 Å². The molecule has 2 N–H and O–H groups in total. The maximum atomic E-state index is 11.6. The van der Waals surface area contributed by atoms with Gasteiger partial charge >= 0.3 is 0 Å². The molecule has 0 aliphatic carbocycles. The molecule has 1 aromatic rings. The van der Waals surface area contributed by atoms with E-state index in [4.69, 9.17) is 5.84 Å². The van der Waals surface area contributed by atoms with E-state index in [1.54, 1.807) is 4.90 Å². The topological polar surface area (TPSA) is 58.7 Å². The Labute approximate surface area is 92.1 Å². The summed E-state index contributed by atoms with van der Waals surface area (Å²) in [7, 11) is 0. The fraction of sp³-hybridized carbons (Fsp3) is 0.200. The maximum absolute atomic E-state index is 11.6. The lowest BCUT2D eigenvalue weighted by Crippen LogP contribution is -2.29. The second-order valence-corrected chi connectivity index (χ2v) is 4.21. The zero-order valence-corrected chi connectivity index (χ0v) is 9.12. The largest absolute Gasteiger partial charge is 0.321 e. The summed E-state index contributed by atoms with van der Waals surface area (Å²) in [6.45, 7) is 2.00. The van der Waals surface area contributed by atoms with Crippen LogP contribution in [0.25, 0.3) is 0 Å². The molecule has 2 rings (SSSR count). The summed E-state index contributed by atoms with van der Waals surface area (Å²) in [5, 5.41) is 4.16. The van der Waals surface area contributed by atoms with Gasteiger partial charge in [0.2, 0.25) is 5.91 Å². The van der Waals surface area contributed by atoms with Crippen LogP contribution in [0.2, 0.25) is 0 Å². The van der Waals surface area contributed by atoms with E-state index in [-0.39, 0.29) is 5.91 Å². The van der Waals surface area contributed by atoms with E-state index in [1.807, 2.05) is 31.2 Å². The number of amidine groups is 1. The number of nitrogens with zero attached hydrogens (tertiary/aromatic N) is 2. The van der Waals surface area contributed by atoms with E-state index in [0.717, 1.165) is 11.3 Å². The van der Waals surface area contributed by atoms with Crippen LogP contribution in [0.3, 0.4) is 0 Å². The quantitative estimate of drug-likeness (QED) is 0.574. The fourth-order valence-corrected chi connectivity index (χ4v) is 2.20. The van der Waals surface area contributed by atoms with Gasteiger partial charge in [-0.3, -0.25) is 9.69 Å². The second-order valence-electron chi connectivity index (χ2n) is 3.27. The highest BCUT2D eigenvalue weighted by Gasteiger charge is 2.29. The van der Waals surface area contributed by atoms with Crippen LogP contribution in [0.15, 0.2) is 29.4 Å². The van der Waals surface area contributed by atoms with Gasteiger partial charge in [0.05, 0.1) is 11.4 Å². The number of anilines is 1. The summed E-state index contributed by atoms with van der Waals surface area (Å²) in [5.74, 6) is 5.65. The molecular formula is C10H11N3OS. The molecule has 4 nitrogen and oxygen atoms in total. The lowest BCUT2D eigenvalue weighted by atomic mass is 10.2. The average molecular weight is 221 g/mol. The molecule has 0 atom stereocenters. The fourth-order valence-electron chi connectivity index (χ4n) is 1.41. The predicted octanol–water partition coefficient (Wildman–Crippen LogP) is 1.30. The summed E-state index contributed by atoms with van der Waals surface area (Å²) in [5.41, 5.74) is 1.98. The summed E-state index contributed by atoms with van der Waals surface area (Å²) in [4.78, 5) is 13.1. The van der Waals surface area contributed by atoms with Gasteiger partial charge in [-0.05, 0) is 19.1 Å². The van der Waals surface area contributed by atoms with Crippen LogP contribution in [0.1, 0.15) is 5.56 Å². The number of carbonyl (C=O) groups is 1. The number of aryl methyl sites for hydroxylation is 1. The molecule has 1 saturated heterocycles. The molecule has 0 radical (unpaired) electrons. The number of hydrazone groups is 1. The third kappa shape index (κ3) is 1.83. The average Bonchev–Trinajstić information content (AvgIpc) is 2.61. The monoisotopic (exact) mass is 221 g/mol. The van der Waals surface area contributed by atoms with E-state index in [1.165, 1.54) is 11.8 Å². The summed E-state index contributed by atoms with van der Waals surface area (Å²) < 4.78 is 0. The first-order valence-electron chi connectivity index (χ1n) is 4.52. The van der Waals surface area contributed by atoms with Gasteiger partial charge in [0, 0.05) is 0 Å². The minimum absolute atomic E-state index is 0.0213. The van der Waals surface area contributed by atoms with Gasteiger partial charge < -0.3 is 5.84 Å². The van der Waals surface area contributed by atoms with E-state index in [2.05, 4.69) is 5.10 Å². The van der Waals surface area contributed by atoms with Gasteiger partial charge in [-0.2, -0.15) is 5.10 Å². The Kier molecular flexibility index (Phi) is 2.64. The SMILES string of the molecule is Cc1ccc(N2C(=O)CS/C2=N\N)cc1. The molecule has 0 unspecified atom stereocenters. The van der Waals surface area contributed by atoms with Crippen molar-refractivity contribution >= 4 is 28.5 Å². The van der Waals surface area contributed by atoms with Crippen molar-refractivity contribution < 1.29 is 4.79 Å². The lowest BCUT2D eigenvalue weighted by Gasteiger charge is -2.15. The maximum Gasteiger partial charge on any atom is 0.243 e. The van der Waals surface area contributed by atoms with Gasteiger partial charge in [0.25, 0.3) is 0 Å². The number of hydrogen-bond acceptors (Lipinski definition) is 4. The zero-order valence-electron chi connectivity index (χ0n) is 8.30. The van der Waals surface area contributed by atoms with Crippen molar-refractivity contribution in [1.82, 2.24) is 0 Å². The van der Waals surface area contributed by atoms with Gasteiger partial charge in [0.1, 0.15) is 0 Å². The molecule has 1 fully saturated rings. The van der Waals surface area contributed by atoms with Crippen molar-refractivity contribution in [2.24, 2.45) is 10.9 Å². The lowest BCUT2D eigenvalue weighted by molar-refractivity contribution is -0.115. The number of thioether (sulfide) groups is 1. The first-order chi connectivity index (χ1) is 7.22. The minimum Gasteiger partial charge on any atom is -0.321 e. The van der Waals surface area contributed by atoms with E-state index >= 15 is 0 Å². The molecule has 5 heteroatoms. The van der Waals surface area contributed by atoms with Crippen molar-refractivity contribution in [2.45, 2.75) is 6.92 Å². The van der Waals surface area contributed by atoms with Crippen molar-refractivity contribution in [3.05, 3.63) is 29.8 Å². The van der Waals surface area contributed by atoms with E-state index in [9.17, 15) is 4.79 Å². The molecule has 78 valence electrons. The Morgan fingerprint density at radius 2 is 2.07 bits per heavy atom. The van der Waals surface area contributed by atoms with Crippen LogP contribution in [-0.2, 0) is 4.79 Å². The third-order valence-electron chi connectivity index (χ3n) is 2.17. The first-order valence-corrected chi connectivity index (χ1v) is 5.51. The van der Waals surface area contributed by atoms with Crippen molar-refractivity contribution in [3.8, 4) is 0 Å². The Bertz CT molecular complexity index is 413. The minimum atomic E-state index is 0.0213. The van der Waals surface area contributed by atoms with Crippen molar-refractivity contribution in [2.75, 3.05) is 10.7 Å².